The lowest BCUT2D eigenvalue weighted by molar-refractivity contribution is -0.142. The van der Waals surface area contributed by atoms with E-state index in [1.807, 2.05) is 56.6 Å². The standard InChI is InChI=1S/C21H24ClN3O2/c1-24-14-18(13-23-19(26)12-15-7-6-10-17(22)11-15)25(2)20(21(24)27)16-8-4-3-5-9-16/h3-11,18,20H,12-14H2,1-2H3,(H,23,26)/t18-,20+/m1/s1. The van der Waals surface area contributed by atoms with Crippen LogP contribution in [0.3, 0.4) is 0 Å². The highest BCUT2D eigenvalue weighted by Crippen LogP contribution is 2.27. The molecule has 2 amide bonds. The van der Waals surface area contributed by atoms with Crippen molar-refractivity contribution in [1.82, 2.24) is 15.1 Å². The van der Waals surface area contributed by atoms with Gasteiger partial charge in [0.05, 0.1) is 6.42 Å². The van der Waals surface area contributed by atoms with Gasteiger partial charge >= 0.3 is 0 Å². The molecule has 1 aliphatic rings. The molecule has 1 fully saturated rings. The number of piperazine rings is 1. The molecule has 0 saturated carbocycles. The number of rotatable bonds is 5. The molecule has 142 valence electrons. The van der Waals surface area contributed by atoms with Gasteiger partial charge in [0, 0.05) is 31.2 Å². The van der Waals surface area contributed by atoms with Gasteiger partial charge in [0.25, 0.3) is 0 Å². The topological polar surface area (TPSA) is 52.7 Å². The predicted molar refractivity (Wildman–Crippen MR) is 107 cm³/mol. The lowest BCUT2D eigenvalue weighted by Crippen LogP contribution is -2.58. The largest absolute Gasteiger partial charge is 0.354 e. The summed E-state index contributed by atoms with van der Waals surface area (Å²) >= 11 is 5.97. The maximum absolute atomic E-state index is 12.7. The van der Waals surface area contributed by atoms with E-state index < -0.39 is 0 Å². The van der Waals surface area contributed by atoms with Crippen LogP contribution in [-0.4, -0.2) is 54.8 Å². The molecule has 2 aromatic rings. The quantitative estimate of drug-likeness (QED) is 0.860. The Morgan fingerprint density at radius 2 is 1.89 bits per heavy atom. The van der Waals surface area contributed by atoms with Crippen molar-refractivity contribution in [1.29, 1.82) is 0 Å². The molecule has 0 radical (unpaired) electrons. The average molecular weight is 386 g/mol. The molecule has 0 bridgehead atoms. The van der Waals surface area contributed by atoms with Crippen molar-refractivity contribution in [3.05, 3.63) is 70.7 Å². The summed E-state index contributed by atoms with van der Waals surface area (Å²) in [7, 11) is 3.75. The summed E-state index contributed by atoms with van der Waals surface area (Å²) in [5.41, 5.74) is 1.85. The molecule has 1 heterocycles. The number of likely N-dealkylation sites (N-methyl/N-ethyl adjacent to an activating group) is 2. The molecule has 1 saturated heterocycles. The maximum Gasteiger partial charge on any atom is 0.244 e. The molecule has 1 N–H and O–H groups in total. The van der Waals surface area contributed by atoms with Gasteiger partial charge in [-0.15, -0.1) is 0 Å². The van der Waals surface area contributed by atoms with Crippen LogP contribution in [0.15, 0.2) is 54.6 Å². The molecule has 3 rings (SSSR count). The molecule has 0 aromatic heterocycles. The molecule has 5 nitrogen and oxygen atoms in total. The molecular formula is C21H24ClN3O2. The molecule has 2 atom stereocenters. The van der Waals surface area contributed by atoms with Gasteiger partial charge in [0.1, 0.15) is 6.04 Å². The number of carbonyl (C=O) groups is 2. The highest BCUT2D eigenvalue weighted by atomic mass is 35.5. The molecule has 0 unspecified atom stereocenters. The van der Waals surface area contributed by atoms with Gasteiger partial charge in [0.15, 0.2) is 0 Å². The summed E-state index contributed by atoms with van der Waals surface area (Å²) in [6.07, 6.45) is 0.286. The average Bonchev–Trinajstić information content (AvgIpc) is 2.65. The molecule has 6 heteroatoms. The zero-order chi connectivity index (χ0) is 19.4. The minimum atomic E-state index is -0.334. The predicted octanol–water partition coefficient (Wildman–Crippen LogP) is 2.51. The maximum atomic E-state index is 12.7. The Morgan fingerprint density at radius 3 is 2.59 bits per heavy atom. The zero-order valence-electron chi connectivity index (χ0n) is 15.6. The number of halogens is 1. The van der Waals surface area contributed by atoms with Crippen LogP contribution in [0, 0.1) is 0 Å². The van der Waals surface area contributed by atoms with Crippen LogP contribution >= 0.6 is 11.6 Å². The summed E-state index contributed by atoms with van der Waals surface area (Å²) in [4.78, 5) is 28.8. The van der Waals surface area contributed by atoms with Crippen molar-refractivity contribution in [2.24, 2.45) is 0 Å². The van der Waals surface area contributed by atoms with Crippen LogP contribution < -0.4 is 5.32 Å². The number of benzene rings is 2. The Bertz CT molecular complexity index is 812. The first-order valence-corrected chi connectivity index (χ1v) is 9.36. The fourth-order valence-corrected chi connectivity index (χ4v) is 3.69. The Hall–Kier alpha value is -2.37. The van der Waals surface area contributed by atoms with Gasteiger partial charge in [-0.3, -0.25) is 14.5 Å². The number of nitrogens with zero attached hydrogens (tertiary/aromatic N) is 2. The Morgan fingerprint density at radius 1 is 1.15 bits per heavy atom. The monoisotopic (exact) mass is 385 g/mol. The minimum absolute atomic E-state index is 0.0428. The molecule has 1 aliphatic heterocycles. The Balaban J connectivity index is 1.64. The molecule has 0 spiro atoms. The van der Waals surface area contributed by atoms with Gasteiger partial charge in [-0.05, 0) is 30.3 Å². The van der Waals surface area contributed by atoms with Crippen LogP contribution in [0.1, 0.15) is 17.2 Å². The van der Waals surface area contributed by atoms with Crippen molar-refractivity contribution < 1.29 is 9.59 Å². The lowest BCUT2D eigenvalue weighted by Gasteiger charge is -2.43. The number of carbonyl (C=O) groups excluding carboxylic acids is 2. The van der Waals surface area contributed by atoms with Crippen LogP contribution in [0.25, 0.3) is 0 Å². The smallest absolute Gasteiger partial charge is 0.244 e. The lowest BCUT2D eigenvalue weighted by atomic mass is 9.99. The fraction of sp³-hybridized carbons (Fsp3) is 0.333. The van der Waals surface area contributed by atoms with E-state index in [1.165, 1.54) is 0 Å². The minimum Gasteiger partial charge on any atom is -0.354 e. The Kier molecular flexibility index (Phi) is 6.14. The molecule has 27 heavy (non-hydrogen) atoms. The molecule has 0 aliphatic carbocycles. The third-order valence-corrected chi connectivity index (χ3v) is 5.22. The summed E-state index contributed by atoms with van der Waals surface area (Å²) in [6, 6.07) is 16.8. The number of hydrogen-bond donors (Lipinski definition) is 1. The van der Waals surface area contributed by atoms with Crippen LogP contribution in [0.4, 0.5) is 0 Å². The van der Waals surface area contributed by atoms with Gasteiger partial charge in [-0.2, -0.15) is 0 Å². The van der Waals surface area contributed by atoms with Crippen molar-refractivity contribution in [3.8, 4) is 0 Å². The van der Waals surface area contributed by atoms with E-state index in [1.54, 1.807) is 17.0 Å². The second-order valence-corrected chi connectivity index (χ2v) is 7.40. The zero-order valence-corrected chi connectivity index (χ0v) is 16.3. The number of nitrogens with one attached hydrogen (secondary N) is 1. The summed E-state index contributed by atoms with van der Waals surface area (Å²) in [5, 5.41) is 3.62. The van der Waals surface area contributed by atoms with E-state index in [2.05, 4.69) is 10.2 Å². The van der Waals surface area contributed by atoms with E-state index in [-0.39, 0.29) is 30.3 Å². The summed E-state index contributed by atoms with van der Waals surface area (Å²) in [6.45, 7) is 1.06. The summed E-state index contributed by atoms with van der Waals surface area (Å²) < 4.78 is 0. The molecular weight excluding hydrogens is 362 g/mol. The number of hydrogen-bond acceptors (Lipinski definition) is 3. The van der Waals surface area contributed by atoms with E-state index in [0.29, 0.717) is 18.1 Å². The second kappa shape index (κ2) is 8.55. The number of amides is 2. The Labute approximate surface area is 164 Å². The van der Waals surface area contributed by atoms with Gasteiger partial charge in [0.2, 0.25) is 11.8 Å². The molecule has 2 aromatic carbocycles. The van der Waals surface area contributed by atoms with Crippen molar-refractivity contribution >= 4 is 23.4 Å². The van der Waals surface area contributed by atoms with E-state index in [0.717, 1.165) is 11.1 Å². The SMILES string of the molecule is CN1C[C@@H](CNC(=O)Cc2cccc(Cl)c2)N(C)[C@@H](c2ccccc2)C1=O. The van der Waals surface area contributed by atoms with Gasteiger partial charge < -0.3 is 10.2 Å². The third-order valence-electron chi connectivity index (χ3n) is 4.98. The normalized spacial score (nSPS) is 20.6. The first-order chi connectivity index (χ1) is 13.0. The van der Waals surface area contributed by atoms with Gasteiger partial charge in [-0.1, -0.05) is 54.1 Å². The third kappa shape index (κ3) is 4.67. The van der Waals surface area contributed by atoms with E-state index >= 15 is 0 Å². The second-order valence-electron chi connectivity index (χ2n) is 6.96. The van der Waals surface area contributed by atoms with E-state index in [4.69, 9.17) is 11.6 Å². The highest BCUT2D eigenvalue weighted by Gasteiger charge is 2.37. The first-order valence-electron chi connectivity index (χ1n) is 8.98. The fourth-order valence-electron chi connectivity index (χ4n) is 3.48. The van der Waals surface area contributed by atoms with Gasteiger partial charge in [-0.25, -0.2) is 0 Å². The van der Waals surface area contributed by atoms with Crippen LogP contribution in [0.5, 0.6) is 0 Å². The van der Waals surface area contributed by atoms with Crippen LogP contribution in [-0.2, 0) is 16.0 Å². The first kappa shape index (κ1) is 19.4. The van der Waals surface area contributed by atoms with Crippen molar-refractivity contribution in [2.45, 2.75) is 18.5 Å². The highest BCUT2D eigenvalue weighted by molar-refractivity contribution is 6.30. The van der Waals surface area contributed by atoms with Crippen molar-refractivity contribution in [2.75, 3.05) is 27.2 Å². The van der Waals surface area contributed by atoms with Crippen LogP contribution in [0.2, 0.25) is 5.02 Å². The van der Waals surface area contributed by atoms with Crippen molar-refractivity contribution in [3.63, 3.8) is 0 Å². The summed E-state index contributed by atoms with van der Waals surface area (Å²) in [5.74, 6) is 0.0201. The van der Waals surface area contributed by atoms with E-state index in [9.17, 15) is 9.59 Å².